The number of amides is 1. The van der Waals surface area contributed by atoms with Crippen molar-refractivity contribution in [3.63, 3.8) is 0 Å². The van der Waals surface area contributed by atoms with Gasteiger partial charge in [-0.2, -0.15) is 0 Å². The number of ether oxygens (including phenoxy) is 1. The molecule has 1 fully saturated rings. The summed E-state index contributed by atoms with van der Waals surface area (Å²) in [5.41, 5.74) is 0. The lowest BCUT2D eigenvalue weighted by Crippen LogP contribution is -2.60. The molecule has 0 aromatic rings. The summed E-state index contributed by atoms with van der Waals surface area (Å²) < 4.78 is 5.37. The zero-order valence-corrected chi connectivity index (χ0v) is 9.46. The van der Waals surface area contributed by atoms with E-state index in [2.05, 4.69) is 17.2 Å². The third-order valence-corrected chi connectivity index (χ3v) is 2.69. The second-order valence-corrected chi connectivity index (χ2v) is 3.85. The Morgan fingerprint density at radius 3 is 2.53 bits per heavy atom. The van der Waals surface area contributed by atoms with Crippen LogP contribution >= 0.6 is 0 Å². The average molecular weight is 237 g/mol. The molecule has 92 valence electrons. The van der Waals surface area contributed by atoms with E-state index in [9.17, 15) is 9.90 Å². The van der Waals surface area contributed by atoms with E-state index in [1.54, 1.807) is 0 Å². The topological polar surface area (TPSA) is 78.8 Å². The molecule has 17 heavy (non-hydrogen) atoms. The number of nitrogens with one attached hydrogen (secondary N) is 1. The Bertz CT molecular complexity index is 368. The molecule has 1 saturated heterocycles. The Labute approximate surface area is 100 Å². The van der Waals surface area contributed by atoms with Gasteiger partial charge in [-0.3, -0.25) is 4.79 Å². The number of carbonyl (C=O) groups is 1. The van der Waals surface area contributed by atoms with Gasteiger partial charge >= 0.3 is 0 Å². The fourth-order valence-electron chi connectivity index (χ4n) is 1.88. The summed E-state index contributed by atoms with van der Waals surface area (Å²) in [5.74, 6) is 3.63. The lowest BCUT2D eigenvalue weighted by atomic mass is 9.86. The van der Waals surface area contributed by atoms with Crippen molar-refractivity contribution in [1.29, 1.82) is 0 Å². The second-order valence-electron chi connectivity index (χ2n) is 3.85. The molecule has 1 heterocycles. The summed E-state index contributed by atoms with van der Waals surface area (Å²) >= 11 is 0. The molecule has 1 aliphatic rings. The SMILES string of the molecule is C#C[C@H]1[C@H](O)[C@@H](NC(C)=O)[C@@H](C#C)O[C@@H]1CO. The molecular weight excluding hydrogens is 222 g/mol. The van der Waals surface area contributed by atoms with Gasteiger partial charge in [0, 0.05) is 6.92 Å². The largest absolute Gasteiger partial charge is 0.394 e. The van der Waals surface area contributed by atoms with E-state index in [-0.39, 0.29) is 12.5 Å². The molecule has 0 unspecified atom stereocenters. The molecule has 0 saturated carbocycles. The van der Waals surface area contributed by atoms with Gasteiger partial charge in [0.25, 0.3) is 0 Å². The summed E-state index contributed by atoms with van der Waals surface area (Å²) in [7, 11) is 0. The number of aliphatic hydroxyl groups excluding tert-OH is 2. The van der Waals surface area contributed by atoms with Crippen LogP contribution in [0.5, 0.6) is 0 Å². The molecule has 0 aromatic carbocycles. The highest BCUT2D eigenvalue weighted by Crippen LogP contribution is 2.25. The maximum absolute atomic E-state index is 11.0. The molecule has 1 amide bonds. The van der Waals surface area contributed by atoms with Gasteiger partial charge in [0.1, 0.15) is 6.10 Å². The van der Waals surface area contributed by atoms with Crippen LogP contribution in [0.25, 0.3) is 0 Å². The molecule has 0 aliphatic carbocycles. The summed E-state index contributed by atoms with van der Waals surface area (Å²) in [6.45, 7) is 0.972. The summed E-state index contributed by atoms with van der Waals surface area (Å²) in [4.78, 5) is 11.0. The maximum Gasteiger partial charge on any atom is 0.217 e. The molecule has 5 heteroatoms. The molecule has 5 atom stereocenters. The van der Waals surface area contributed by atoms with Crippen molar-refractivity contribution in [3.05, 3.63) is 0 Å². The van der Waals surface area contributed by atoms with E-state index in [0.29, 0.717) is 0 Å². The zero-order valence-electron chi connectivity index (χ0n) is 9.46. The second kappa shape index (κ2) is 5.70. The molecule has 0 aromatic heterocycles. The number of hydrogen-bond acceptors (Lipinski definition) is 4. The number of hydrogen-bond donors (Lipinski definition) is 3. The van der Waals surface area contributed by atoms with Crippen LogP contribution in [-0.4, -0.2) is 47.1 Å². The van der Waals surface area contributed by atoms with Crippen molar-refractivity contribution >= 4 is 5.91 Å². The first kappa shape index (κ1) is 13.5. The number of terminal acetylenes is 2. The molecule has 1 aliphatic heterocycles. The average Bonchev–Trinajstić information content (AvgIpc) is 2.30. The van der Waals surface area contributed by atoms with E-state index >= 15 is 0 Å². The minimum atomic E-state index is -1.05. The van der Waals surface area contributed by atoms with Gasteiger partial charge in [-0.15, -0.1) is 12.8 Å². The van der Waals surface area contributed by atoms with Gasteiger partial charge in [-0.25, -0.2) is 0 Å². The predicted molar refractivity (Wildman–Crippen MR) is 60.5 cm³/mol. The van der Waals surface area contributed by atoms with Crippen LogP contribution in [-0.2, 0) is 9.53 Å². The number of carbonyl (C=O) groups excluding carboxylic acids is 1. The fourth-order valence-corrected chi connectivity index (χ4v) is 1.88. The Hall–Kier alpha value is -1.53. The van der Waals surface area contributed by atoms with Crippen molar-refractivity contribution < 1.29 is 19.7 Å². The summed E-state index contributed by atoms with van der Waals surface area (Å²) in [5, 5.41) is 21.6. The van der Waals surface area contributed by atoms with Crippen LogP contribution in [0.3, 0.4) is 0 Å². The van der Waals surface area contributed by atoms with Gasteiger partial charge < -0.3 is 20.3 Å². The normalized spacial score (nSPS) is 36.6. The van der Waals surface area contributed by atoms with Crippen LogP contribution < -0.4 is 5.32 Å². The van der Waals surface area contributed by atoms with E-state index in [0.717, 1.165) is 0 Å². The van der Waals surface area contributed by atoms with Crippen LogP contribution in [0.15, 0.2) is 0 Å². The molecule has 5 nitrogen and oxygen atoms in total. The highest BCUT2D eigenvalue weighted by molar-refractivity contribution is 5.73. The van der Waals surface area contributed by atoms with Crippen molar-refractivity contribution in [1.82, 2.24) is 5.32 Å². The van der Waals surface area contributed by atoms with Crippen molar-refractivity contribution in [2.75, 3.05) is 6.61 Å². The summed E-state index contributed by atoms with van der Waals surface area (Å²) in [6.07, 6.45) is 7.96. The van der Waals surface area contributed by atoms with Crippen LogP contribution in [0.2, 0.25) is 0 Å². The number of aliphatic hydroxyl groups is 2. The lowest BCUT2D eigenvalue weighted by Gasteiger charge is -2.40. The van der Waals surface area contributed by atoms with E-state index in [1.807, 2.05) is 0 Å². The highest BCUT2D eigenvalue weighted by Gasteiger charge is 2.43. The van der Waals surface area contributed by atoms with Gasteiger partial charge in [-0.05, 0) is 0 Å². The van der Waals surface area contributed by atoms with Crippen molar-refractivity contribution in [2.45, 2.75) is 31.3 Å². The third-order valence-electron chi connectivity index (χ3n) is 2.69. The van der Waals surface area contributed by atoms with E-state index in [1.165, 1.54) is 6.92 Å². The lowest BCUT2D eigenvalue weighted by molar-refractivity contribution is -0.143. The Balaban J connectivity index is 2.93. The first-order valence-corrected chi connectivity index (χ1v) is 5.18. The van der Waals surface area contributed by atoms with Crippen LogP contribution in [0, 0.1) is 30.6 Å². The summed E-state index contributed by atoms with van der Waals surface area (Å²) in [6, 6.07) is -0.763. The van der Waals surface area contributed by atoms with Crippen LogP contribution in [0.4, 0.5) is 0 Å². The van der Waals surface area contributed by atoms with E-state index in [4.69, 9.17) is 22.7 Å². The third kappa shape index (κ3) is 2.78. The zero-order chi connectivity index (χ0) is 13.0. The molecule has 3 N–H and O–H groups in total. The van der Waals surface area contributed by atoms with Gasteiger partial charge in [0.05, 0.1) is 30.8 Å². The fraction of sp³-hybridized carbons (Fsp3) is 0.583. The maximum atomic E-state index is 11.0. The minimum absolute atomic E-state index is 0.336. The van der Waals surface area contributed by atoms with Crippen molar-refractivity contribution in [3.8, 4) is 24.7 Å². The van der Waals surface area contributed by atoms with Gasteiger partial charge in [-0.1, -0.05) is 11.8 Å². The standard InChI is InChI=1S/C12H15NO4/c1-4-8-10(6-14)17-9(5-2)11(12(8)16)13-7(3)15/h1-2,8-12,14,16H,6H2,3H3,(H,13,15)/t8-,9-,10-,11+,12+/m1/s1. The molecule has 0 radical (unpaired) electrons. The molecule has 0 bridgehead atoms. The molecule has 0 spiro atoms. The minimum Gasteiger partial charge on any atom is -0.394 e. The quantitative estimate of drug-likeness (QED) is 0.510. The first-order valence-electron chi connectivity index (χ1n) is 5.18. The Kier molecular flexibility index (Phi) is 4.53. The smallest absolute Gasteiger partial charge is 0.217 e. The highest BCUT2D eigenvalue weighted by atomic mass is 16.5. The van der Waals surface area contributed by atoms with Crippen molar-refractivity contribution in [2.24, 2.45) is 5.92 Å². The number of rotatable bonds is 2. The van der Waals surface area contributed by atoms with Gasteiger partial charge in [0.15, 0.2) is 0 Å². The Morgan fingerprint density at radius 1 is 1.47 bits per heavy atom. The van der Waals surface area contributed by atoms with E-state index < -0.39 is 30.3 Å². The Morgan fingerprint density at radius 2 is 2.12 bits per heavy atom. The van der Waals surface area contributed by atoms with Crippen LogP contribution in [0.1, 0.15) is 6.92 Å². The predicted octanol–water partition coefficient (Wildman–Crippen LogP) is -1.51. The van der Waals surface area contributed by atoms with Gasteiger partial charge in [0.2, 0.25) is 5.91 Å². The monoisotopic (exact) mass is 237 g/mol. The first-order chi connectivity index (χ1) is 8.04. The molecular formula is C12H15NO4. The molecule has 1 rings (SSSR count).